The highest BCUT2D eigenvalue weighted by molar-refractivity contribution is 5.17. The van der Waals surface area contributed by atoms with Gasteiger partial charge in [-0.1, -0.05) is 13.0 Å². The molecule has 0 atom stereocenters. The first-order chi connectivity index (χ1) is 8.83. The largest absolute Gasteiger partial charge is 0.383 e. The van der Waals surface area contributed by atoms with Crippen LogP contribution in [0.1, 0.15) is 36.9 Å². The molecule has 3 nitrogen and oxygen atoms in total. The molecule has 2 rings (SSSR count). The smallest absolute Gasteiger partial charge is 0.0589 e. The van der Waals surface area contributed by atoms with E-state index in [-0.39, 0.29) is 0 Å². The third kappa shape index (κ3) is 3.53. The van der Waals surface area contributed by atoms with Crippen molar-refractivity contribution >= 4 is 0 Å². The molecule has 0 aliphatic carbocycles. The number of methoxy groups -OCH3 is 1. The highest BCUT2D eigenvalue weighted by atomic mass is 16.5. The molecule has 0 N–H and O–H groups in total. The van der Waals surface area contributed by atoms with Crippen molar-refractivity contribution in [1.29, 1.82) is 0 Å². The number of piperidine rings is 1. The molecule has 0 amide bonds. The topological polar surface area (TPSA) is 25.4 Å². The quantitative estimate of drug-likeness (QED) is 0.800. The minimum absolute atomic E-state index is 0.648. The highest BCUT2D eigenvalue weighted by Gasteiger charge is 2.20. The molecule has 0 aromatic carbocycles. The van der Waals surface area contributed by atoms with Gasteiger partial charge in [-0.25, -0.2) is 0 Å². The van der Waals surface area contributed by atoms with Crippen LogP contribution in [0.5, 0.6) is 0 Å². The van der Waals surface area contributed by atoms with Crippen LogP contribution in [0, 0.1) is 0 Å². The van der Waals surface area contributed by atoms with Crippen LogP contribution < -0.4 is 0 Å². The maximum absolute atomic E-state index is 5.13. The Morgan fingerprint density at radius 2 is 2.11 bits per heavy atom. The van der Waals surface area contributed by atoms with Gasteiger partial charge in [-0.2, -0.15) is 0 Å². The van der Waals surface area contributed by atoms with E-state index in [0.717, 1.165) is 19.6 Å². The van der Waals surface area contributed by atoms with Gasteiger partial charge in [0.2, 0.25) is 0 Å². The number of aryl methyl sites for hydroxylation is 1. The van der Waals surface area contributed by atoms with Gasteiger partial charge in [0.1, 0.15) is 0 Å². The lowest BCUT2D eigenvalue weighted by atomic mass is 9.93. The molecule has 1 aromatic heterocycles. The lowest BCUT2D eigenvalue weighted by Gasteiger charge is -2.31. The first kappa shape index (κ1) is 13.5. The van der Waals surface area contributed by atoms with E-state index in [9.17, 15) is 0 Å². The Balaban J connectivity index is 1.84. The number of rotatable bonds is 5. The zero-order chi connectivity index (χ0) is 12.8. The van der Waals surface area contributed by atoms with Gasteiger partial charge in [0, 0.05) is 31.5 Å². The van der Waals surface area contributed by atoms with Crippen molar-refractivity contribution in [3.05, 3.63) is 29.6 Å². The standard InChI is InChI=1S/C15H24N2O/c1-3-13-4-5-15(16-12-13)14-6-8-17(9-7-14)10-11-18-2/h4-5,12,14H,3,6-11H2,1-2H3. The van der Waals surface area contributed by atoms with Crippen LogP contribution in [-0.4, -0.2) is 43.2 Å². The van der Waals surface area contributed by atoms with E-state index in [4.69, 9.17) is 4.74 Å². The maximum Gasteiger partial charge on any atom is 0.0589 e. The molecular formula is C15H24N2O. The van der Waals surface area contributed by atoms with Gasteiger partial charge in [-0.05, 0) is 44.0 Å². The average Bonchev–Trinajstić information content (AvgIpc) is 2.46. The van der Waals surface area contributed by atoms with Gasteiger partial charge in [-0.3, -0.25) is 4.98 Å². The number of nitrogens with zero attached hydrogens (tertiary/aromatic N) is 2. The second-order valence-electron chi connectivity index (χ2n) is 5.05. The van der Waals surface area contributed by atoms with E-state index < -0.39 is 0 Å². The molecule has 1 aliphatic heterocycles. The summed E-state index contributed by atoms with van der Waals surface area (Å²) in [4.78, 5) is 7.10. The second kappa shape index (κ2) is 6.86. The third-order valence-corrected chi connectivity index (χ3v) is 3.87. The van der Waals surface area contributed by atoms with E-state index in [1.807, 2.05) is 6.20 Å². The van der Waals surface area contributed by atoms with Crippen LogP contribution in [0.4, 0.5) is 0 Å². The van der Waals surface area contributed by atoms with Crippen molar-refractivity contribution in [2.24, 2.45) is 0 Å². The summed E-state index contributed by atoms with van der Waals surface area (Å²) in [6.45, 7) is 6.42. The summed E-state index contributed by atoms with van der Waals surface area (Å²) in [5.74, 6) is 0.648. The first-order valence-corrected chi connectivity index (χ1v) is 6.99. The van der Waals surface area contributed by atoms with Crippen molar-refractivity contribution in [3.63, 3.8) is 0 Å². The maximum atomic E-state index is 5.13. The molecule has 0 radical (unpaired) electrons. The van der Waals surface area contributed by atoms with Gasteiger partial charge in [-0.15, -0.1) is 0 Å². The predicted molar refractivity (Wildman–Crippen MR) is 73.9 cm³/mol. The Kier molecular flexibility index (Phi) is 5.14. The summed E-state index contributed by atoms with van der Waals surface area (Å²) in [6.07, 6.45) is 5.56. The van der Waals surface area contributed by atoms with Gasteiger partial charge in [0.05, 0.1) is 6.61 Å². The SMILES string of the molecule is CCc1ccc(C2CCN(CCOC)CC2)nc1. The van der Waals surface area contributed by atoms with E-state index in [0.29, 0.717) is 5.92 Å². The molecule has 1 saturated heterocycles. The van der Waals surface area contributed by atoms with Gasteiger partial charge >= 0.3 is 0 Å². The van der Waals surface area contributed by atoms with Crippen LogP contribution in [0.15, 0.2) is 18.3 Å². The van der Waals surface area contributed by atoms with Crippen LogP contribution in [0.2, 0.25) is 0 Å². The van der Waals surface area contributed by atoms with Crippen LogP contribution in [0.25, 0.3) is 0 Å². The van der Waals surface area contributed by atoms with E-state index in [1.54, 1.807) is 7.11 Å². The lowest BCUT2D eigenvalue weighted by Crippen LogP contribution is -2.35. The summed E-state index contributed by atoms with van der Waals surface area (Å²) >= 11 is 0. The Hall–Kier alpha value is -0.930. The van der Waals surface area contributed by atoms with Crippen molar-refractivity contribution in [3.8, 4) is 0 Å². The molecule has 0 spiro atoms. The van der Waals surface area contributed by atoms with Crippen LogP contribution in [0.3, 0.4) is 0 Å². The highest BCUT2D eigenvalue weighted by Crippen LogP contribution is 2.26. The molecular weight excluding hydrogens is 224 g/mol. The Bertz CT molecular complexity index is 342. The Labute approximate surface area is 110 Å². The fraction of sp³-hybridized carbons (Fsp3) is 0.667. The fourth-order valence-electron chi connectivity index (χ4n) is 2.56. The molecule has 1 aliphatic rings. The summed E-state index contributed by atoms with van der Waals surface area (Å²) in [7, 11) is 1.77. The van der Waals surface area contributed by atoms with Crippen molar-refractivity contribution < 1.29 is 4.74 Å². The van der Waals surface area contributed by atoms with Crippen LogP contribution >= 0.6 is 0 Å². The minimum Gasteiger partial charge on any atom is -0.383 e. The van der Waals surface area contributed by atoms with E-state index >= 15 is 0 Å². The van der Waals surface area contributed by atoms with Gasteiger partial charge in [0.25, 0.3) is 0 Å². The number of likely N-dealkylation sites (tertiary alicyclic amines) is 1. The Morgan fingerprint density at radius 1 is 1.33 bits per heavy atom. The molecule has 1 fully saturated rings. The summed E-state index contributed by atoms with van der Waals surface area (Å²) in [5.41, 5.74) is 2.61. The summed E-state index contributed by atoms with van der Waals surface area (Å²) in [6, 6.07) is 4.44. The number of hydrogen-bond donors (Lipinski definition) is 0. The van der Waals surface area contributed by atoms with Crippen LogP contribution in [-0.2, 0) is 11.2 Å². The number of ether oxygens (including phenoxy) is 1. The zero-order valence-corrected chi connectivity index (χ0v) is 11.6. The number of hydrogen-bond acceptors (Lipinski definition) is 3. The molecule has 0 bridgehead atoms. The van der Waals surface area contributed by atoms with Crippen molar-refractivity contribution in [1.82, 2.24) is 9.88 Å². The molecule has 3 heteroatoms. The summed E-state index contributed by atoms with van der Waals surface area (Å²) in [5, 5.41) is 0. The average molecular weight is 248 g/mol. The molecule has 18 heavy (non-hydrogen) atoms. The molecule has 2 heterocycles. The molecule has 0 unspecified atom stereocenters. The Morgan fingerprint density at radius 3 is 2.67 bits per heavy atom. The fourth-order valence-corrected chi connectivity index (χ4v) is 2.56. The van der Waals surface area contributed by atoms with Gasteiger partial charge in [0.15, 0.2) is 0 Å². The second-order valence-corrected chi connectivity index (χ2v) is 5.05. The molecule has 1 aromatic rings. The van der Waals surface area contributed by atoms with E-state index in [2.05, 4.69) is 28.9 Å². The molecule has 100 valence electrons. The van der Waals surface area contributed by atoms with Gasteiger partial charge < -0.3 is 9.64 Å². The first-order valence-electron chi connectivity index (χ1n) is 6.99. The van der Waals surface area contributed by atoms with E-state index in [1.165, 1.54) is 37.2 Å². The molecule has 0 saturated carbocycles. The van der Waals surface area contributed by atoms with Crippen molar-refractivity contribution in [2.45, 2.75) is 32.1 Å². The van der Waals surface area contributed by atoms with Crippen molar-refractivity contribution in [2.75, 3.05) is 33.4 Å². The predicted octanol–water partition coefficient (Wildman–Crippen LogP) is 2.47. The number of aromatic nitrogens is 1. The zero-order valence-electron chi connectivity index (χ0n) is 11.6. The minimum atomic E-state index is 0.648. The number of pyridine rings is 1. The third-order valence-electron chi connectivity index (χ3n) is 3.87. The monoisotopic (exact) mass is 248 g/mol. The normalized spacial score (nSPS) is 18.1. The summed E-state index contributed by atoms with van der Waals surface area (Å²) < 4.78 is 5.13. The lowest BCUT2D eigenvalue weighted by molar-refractivity contribution is 0.130.